The average Bonchev–Trinajstić information content (AvgIpc) is 2.32. The molecule has 0 heterocycles. The minimum absolute atomic E-state index is 0.111. The summed E-state index contributed by atoms with van der Waals surface area (Å²) < 4.78 is 11.7. The van der Waals surface area contributed by atoms with E-state index in [0.29, 0.717) is 0 Å². The van der Waals surface area contributed by atoms with Gasteiger partial charge in [0, 0.05) is 0 Å². The third kappa shape index (κ3) is 3.11. The molecule has 0 aliphatic heterocycles. The van der Waals surface area contributed by atoms with Gasteiger partial charge in [0.25, 0.3) is 0 Å². The summed E-state index contributed by atoms with van der Waals surface area (Å²) in [5.41, 5.74) is -0.853. The number of allylic oxidation sites excluding steroid dienone is 1. The molecule has 21 heavy (non-hydrogen) atoms. The van der Waals surface area contributed by atoms with Crippen LogP contribution in [0, 0.1) is 10.8 Å². The Morgan fingerprint density at radius 2 is 1.76 bits per heavy atom. The van der Waals surface area contributed by atoms with Crippen molar-refractivity contribution < 1.29 is 14.0 Å². The zero-order valence-electron chi connectivity index (χ0n) is 15.2. The van der Waals surface area contributed by atoms with E-state index >= 15 is 0 Å². The lowest BCUT2D eigenvalue weighted by atomic mass is 9.59. The lowest BCUT2D eigenvalue weighted by molar-refractivity contribution is -0.167. The van der Waals surface area contributed by atoms with E-state index in [1.54, 1.807) is 0 Å². The standard InChI is InChI=1S/C17H32O3Si/c1-15(2,3)21(8,9)20-13-11-10-12-16(4,5)17(13,6)14(18)19-7/h10-11,13H,12H2,1-9H3/t13-,17+/m1/s1. The summed E-state index contributed by atoms with van der Waals surface area (Å²) in [6.07, 6.45) is 4.83. The van der Waals surface area contributed by atoms with Gasteiger partial charge in [-0.3, -0.25) is 4.79 Å². The second kappa shape index (κ2) is 5.54. The number of methoxy groups -OCH3 is 1. The number of esters is 1. The molecule has 1 aliphatic rings. The van der Waals surface area contributed by atoms with Crippen LogP contribution < -0.4 is 0 Å². The molecule has 0 saturated carbocycles. The van der Waals surface area contributed by atoms with E-state index in [4.69, 9.17) is 9.16 Å². The van der Waals surface area contributed by atoms with Crippen molar-refractivity contribution in [2.24, 2.45) is 10.8 Å². The molecule has 2 atom stereocenters. The van der Waals surface area contributed by atoms with Gasteiger partial charge < -0.3 is 9.16 Å². The predicted molar refractivity (Wildman–Crippen MR) is 89.7 cm³/mol. The van der Waals surface area contributed by atoms with Crippen LogP contribution in [0.2, 0.25) is 18.1 Å². The molecule has 0 unspecified atom stereocenters. The SMILES string of the molecule is COC(=O)[C@]1(C)[C@H](O[Si](C)(C)C(C)(C)C)C=CCC1(C)C. The summed E-state index contributed by atoms with van der Waals surface area (Å²) in [5, 5.41) is 0.111. The minimum Gasteiger partial charge on any atom is -0.468 e. The summed E-state index contributed by atoms with van der Waals surface area (Å²) in [5.74, 6) is -0.180. The van der Waals surface area contributed by atoms with Gasteiger partial charge in [-0.1, -0.05) is 46.8 Å². The van der Waals surface area contributed by atoms with Crippen molar-refractivity contribution >= 4 is 14.3 Å². The molecule has 1 rings (SSSR count). The number of rotatable bonds is 3. The van der Waals surface area contributed by atoms with E-state index in [1.165, 1.54) is 7.11 Å². The summed E-state index contributed by atoms with van der Waals surface area (Å²) in [6.45, 7) is 17.3. The number of carbonyl (C=O) groups excluding carboxylic acids is 1. The largest absolute Gasteiger partial charge is 0.468 e. The first-order valence-electron chi connectivity index (χ1n) is 7.72. The van der Waals surface area contributed by atoms with Gasteiger partial charge in [0.05, 0.1) is 18.6 Å². The topological polar surface area (TPSA) is 35.5 Å². The fourth-order valence-corrected chi connectivity index (χ4v) is 3.83. The molecule has 0 radical (unpaired) electrons. The lowest BCUT2D eigenvalue weighted by Gasteiger charge is -2.51. The van der Waals surface area contributed by atoms with Crippen molar-refractivity contribution in [3.05, 3.63) is 12.2 Å². The van der Waals surface area contributed by atoms with E-state index in [0.717, 1.165) is 6.42 Å². The molecule has 0 aromatic carbocycles. The number of carbonyl (C=O) groups is 1. The van der Waals surface area contributed by atoms with Crippen LogP contribution >= 0.6 is 0 Å². The zero-order valence-corrected chi connectivity index (χ0v) is 16.2. The Kier molecular flexibility index (Phi) is 4.87. The van der Waals surface area contributed by atoms with Crippen molar-refractivity contribution in [3.8, 4) is 0 Å². The minimum atomic E-state index is -1.96. The van der Waals surface area contributed by atoms with Crippen molar-refractivity contribution in [2.75, 3.05) is 7.11 Å². The van der Waals surface area contributed by atoms with Gasteiger partial charge in [-0.2, -0.15) is 0 Å². The van der Waals surface area contributed by atoms with E-state index in [-0.39, 0.29) is 22.5 Å². The highest BCUT2D eigenvalue weighted by Crippen LogP contribution is 2.51. The van der Waals surface area contributed by atoms with E-state index < -0.39 is 13.7 Å². The van der Waals surface area contributed by atoms with Crippen molar-refractivity contribution in [1.29, 1.82) is 0 Å². The van der Waals surface area contributed by atoms with Crippen LogP contribution in [0.4, 0.5) is 0 Å². The Morgan fingerprint density at radius 3 is 2.19 bits per heavy atom. The lowest BCUT2D eigenvalue weighted by Crippen LogP contribution is -2.57. The fourth-order valence-electron chi connectivity index (χ4n) is 2.53. The number of hydrogen-bond donors (Lipinski definition) is 0. The van der Waals surface area contributed by atoms with Gasteiger partial charge >= 0.3 is 5.97 Å². The molecule has 0 bridgehead atoms. The number of hydrogen-bond acceptors (Lipinski definition) is 3. The summed E-state index contributed by atoms with van der Waals surface area (Å²) >= 11 is 0. The molecule has 0 fully saturated rings. The first-order valence-corrected chi connectivity index (χ1v) is 10.6. The molecule has 122 valence electrons. The summed E-state index contributed by atoms with van der Waals surface area (Å²) in [4.78, 5) is 12.5. The summed E-state index contributed by atoms with van der Waals surface area (Å²) in [6, 6.07) is 0. The van der Waals surface area contributed by atoms with Crippen molar-refractivity contribution in [2.45, 2.75) is 72.2 Å². The van der Waals surface area contributed by atoms with Gasteiger partial charge in [0.1, 0.15) is 0 Å². The molecule has 0 N–H and O–H groups in total. The summed E-state index contributed by atoms with van der Waals surface area (Å²) in [7, 11) is -0.498. The Balaban J connectivity index is 3.23. The van der Waals surface area contributed by atoms with Crippen LogP contribution in [-0.4, -0.2) is 27.5 Å². The molecular weight excluding hydrogens is 280 g/mol. The van der Waals surface area contributed by atoms with Crippen LogP contribution in [0.5, 0.6) is 0 Å². The second-order valence-corrected chi connectivity index (χ2v) is 13.3. The van der Waals surface area contributed by atoms with E-state index in [9.17, 15) is 4.79 Å². The maximum Gasteiger partial charge on any atom is 0.315 e. The first-order chi connectivity index (χ1) is 9.29. The van der Waals surface area contributed by atoms with Crippen LogP contribution in [0.25, 0.3) is 0 Å². The van der Waals surface area contributed by atoms with Crippen molar-refractivity contribution in [1.82, 2.24) is 0 Å². The highest BCUT2D eigenvalue weighted by molar-refractivity contribution is 6.74. The fraction of sp³-hybridized carbons (Fsp3) is 0.824. The molecule has 0 aromatic heterocycles. The molecule has 0 spiro atoms. The Labute approximate surface area is 131 Å². The van der Waals surface area contributed by atoms with E-state index in [1.807, 2.05) is 6.92 Å². The van der Waals surface area contributed by atoms with Gasteiger partial charge in [0.15, 0.2) is 8.32 Å². The van der Waals surface area contributed by atoms with Gasteiger partial charge in [0.2, 0.25) is 0 Å². The van der Waals surface area contributed by atoms with Crippen molar-refractivity contribution in [3.63, 3.8) is 0 Å². The smallest absolute Gasteiger partial charge is 0.315 e. The highest BCUT2D eigenvalue weighted by Gasteiger charge is 2.56. The second-order valence-electron chi connectivity index (χ2n) is 8.51. The van der Waals surface area contributed by atoms with Crippen LogP contribution in [0.15, 0.2) is 12.2 Å². The van der Waals surface area contributed by atoms with Gasteiger partial charge in [-0.25, -0.2) is 0 Å². The Morgan fingerprint density at radius 1 is 1.24 bits per heavy atom. The monoisotopic (exact) mass is 312 g/mol. The average molecular weight is 313 g/mol. The molecule has 3 nitrogen and oxygen atoms in total. The van der Waals surface area contributed by atoms with Crippen LogP contribution in [-0.2, 0) is 14.0 Å². The van der Waals surface area contributed by atoms with Crippen LogP contribution in [0.3, 0.4) is 0 Å². The Bertz CT molecular complexity index is 432. The normalized spacial score (nSPS) is 29.3. The molecule has 1 aliphatic carbocycles. The molecule has 4 heteroatoms. The quantitative estimate of drug-likeness (QED) is 0.436. The Hall–Kier alpha value is -0.613. The van der Waals surface area contributed by atoms with Gasteiger partial charge in [-0.05, 0) is 36.9 Å². The third-order valence-corrected chi connectivity index (χ3v) is 10.2. The predicted octanol–water partition coefficient (Wildman–Crippen LogP) is 4.54. The van der Waals surface area contributed by atoms with Crippen LogP contribution in [0.1, 0.15) is 48.0 Å². The first kappa shape index (κ1) is 18.4. The molecular formula is C17H32O3Si. The molecule has 0 aromatic rings. The molecule has 0 saturated heterocycles. The number of ether oxygens (including phenoxy) is 1. The molecule has 0 amide bonds. The third-order valence-electron chi connectivity index (χ3n) is 5.75. The zero-order chi connectivity index (χ0) is 16.7. The highest BCUT2D eigenvalue weighted by atomic mass is 28.4. The maximum atomic E-state index is 12.5. The maximum absolute atomic E-state index is 12.5. The van der Waals surface area contributed by atoms with E-state index in [2.05, 4.69) is 59.9 Å². The van der Waals surface area contributed by atoms with Gasteiger partial charge in [-0.15, -0.1) is 0 Å².